The number of ether oxygens (including phenoxy) is 1. The highest BCUT2D eigenvalue weighted by Gasteiger charge is 2.18. The number of para-hydroxylation sites is 1. The van der Waals surface area contributed by atoms with Gasteiger partial charge in [0.2, 0.25) is 0 Å². The number of nitrogens with one attached hydrogen (secondary N) is 1. The van der Waals surface area contributed by atoms with Gasteiger partial charge in [-0.3, -0.25) is 0 Å². The third kappa shape index (κ3) is 1.54. The Morgan fingerprint density at radius 1 is 1.33 bits per heavy atom. The van der Waals surface area contributed by atoms with Crippen molar-refractivity contribution in [3.63, 3.8) is 0 Å². The van der Waals surface area contributed by atoms with Crippen LogP contribution in [0.4, 0.5) is 5.69 Å². The lowest BCUT2D eigenvalue weighted by Crippen LogP contribution is -2.40. The Bertz CT molecular complexity index is 273. The molecule has 1 aromatic carbocycles. The van der Waals surface area contributed by atoms with Crippen molar-refractivity contribution >= 4 is 17.3 Å². The Morgan fingerprint density at radius 3 is 2.67 bits per heavy atom. The molecule has 1 fully saturated rings. The molecule has 0 atom stereocenters. The maximum Gasteiger partial charge on any atom is 0.0729 e. The predicted octanol–water partition coefficient (Wildman–Crippen LogP) is 2.15. The van der Waals surface area contributed by atoms with E-state index in [9.17, 15) is 0 Å². The average Bonchev–Trinajstić information content (AvgIpc) is 2.00. The fourth-order valence-corrected chi connectivity index (χ4v) is 1.31. The summed E-state index contributed by atoms with van der Waals surface area (Å²) >= 11 is 5.95. The van der Waals surface area contributed by atoms with Crippen LogP contribution in [0.2, 0.25) is 5.02 Å². The fourth-order valence-electron chi connectivity index (χ4n) is 1.12. The lowest BCUT2D eigenvalue weighted by molar-refractivity contribution is 0.0211. The summed E-state index contributed by atoms with van der Waals surface area (Å²) in [6.45, 7) is 1.57. The molecule has 1 aliphatic heterocycles. The third-order valence-electron chi connectivity index (χ3n) is 1.87. The van der Waals surface area contributed by atoms with Gasteiger partial charge in [0.25, 0.3) is 0 Å². The molecule has 1 saturated heterocycles. The van der Waals surface area contributed by atoms with E-state index in [1.165, 1.54) is 0 Å². The van der Waals surface area contributed by atoms with E-state index in [0.717, 1.165) is 23.9 Å². The van der Waals surface area contributed by atoms with Crippen LogP contribution >= 0.6 is 11.6 Å². The Morgan fingerprint density at radius 2 is 2.08 bits per heavy atom. The number of benzene rings is 1. The zero-order chi connectivity index (χ0) is 8.39. The number of hydrogen-bond acceptors (Lipinski definition) is 2. The van der Waals surface area contributed by atoms with Crippen molar-refractivity contribution in [3.05, 3.63) is 29.3 Å². The molecule has 2 rings (SSSR count). The van der Waals surface area contributed by atoms with Crippen LogP contribution in [0.3, 0.4) is 0 Å². The Kier molecular flexibility index (Phi) is 2.19. The molecule has 0 amide bonds. The normalized spacial score (nSPS) is 17.1. The molecular formula is C9H10ClNO. The van der Waals surface area contributed by atoms with E-state index in [2.05, 4.69) is 5.32 Å². The van der Waals surface area contributed by atoms with Crippen LogP contribution in [0, 0.1) is 0 Å². The van der Waals surface area contributed by atoms with E-state index in [-0.39, 0.29) is 0 Å². The van der Waals surface area contributed by atoms with Crippen LogP contribution in [0.25, 0.3) is 0 Å². The van der Waals surface area contributed by atoms with E-state index >= 15 is 0 Å². The zero-order valence-electron chi connectivity index (χ0n) is 6.59. The molecule has 0 radical (unpaired) electrons. The van der Waals surface area contributed by atoms with Gasteiger partial charge in [-0.25, -0.2) is 0 Å². The number of halogens is 1. The minimum atomic E-state index is 0.435. The molecule has 1 heterocycles. The molecule has 1 aromatic rings. The van der Waals surface area contributed by atoms with E-state index in [1.807, 2.05) is 24.3 Å². The highest BCUT2D eigenvalue weighted by molar-refractivity contribution is 6.33. The Balaban J connectivity index is 2.06. The Hall–Kier alpha value is -0.730. The molecule has 0 aliphatic carbocycles. The Labute approximate surface area is 76.5 Å². The van der Waals surface area contributed by atoms with Gasteiger partial charge in [-0.2, -0.15) is 0 Å². The molecule has 0 saturated carbocycles. The number of anilines is 1. The van der Waals surface area contributed by atoms with Gasteiger partial charge in [0, 0.05) is 0 Å². The summed E-state index contributed by atoms with van der Waals surface area (Å²) in [7, 11) is 0. The zero-order valence-corrected chi connectivity index (χ0v) is 7.34. The standard InChI is InChI=1S/C9H10ClNO/c10-8-3-1-2-4-9(8)11-7-5-12-6-7/h1-4,7,11H,5-6H2. The lowest BCUT2D eigenvalue weighted by Gasteiger charge is -2.28. The lowest BCUT2D eigenvalue weighted by atomic mass is 10.2. The van der Waals surface area contributed by atoms with Gasteiger partial charge in [0.1, 0.15) is 0 Å². The number of rotatable bonds is 2. The molecule has 0 unspecified atom stereocenters. The van der Waals surface area contributed by atoms with Gasteiger partial charge in [-0.15, -0.1) is 0 Å². The third-order valence-corrected chi connectivity index (χ3v) is 2.20. The van der Waals surface area contributed by atoms with Gasteiger partial charge in [-0.05, 0) is 12.1 Å². The van der Waals surface area contributed by atoms with Crippen molar-refractivity contribution in [1.82, 2.24) is 0 Å². The van der Waals surface area contributed by atoms with Crippen molar-refractivity contribution in [2.24, 2.45) is 0 Å². The van der Waals surface area contributed by atoms with Crippen molar-refractivity contribution in [1.29, 1.82) is 0 Å². The van der Waals surface area contributed by atoms with Gasteiger partial charge >= 0.3 is 0 Å². The highest BCUT2D eigenvalue weighted by Crippen LogP contribution is 2.22. The molecule has 12 heavy (non-hydrogen) atoms. The van der Waals surface area contributed by atoms with Crippen LogP contribution in [0.1, 0.15) is 0 Å². The molecule has 0 bridgehead atoms. The summed E-state index contributed by atoms with van der Waals surface area (Å²) in [6.07, 6.45) is 0. The second kappa shape index (κ2) is 3.33. The largest absolute Gasteiger partial charge is 0.377 e. The topological polar surface area (TPSA) is 21.3 Å². The second-order valence-corrected chi connectivity index (χ2v) is 3.27. The van der Waals surface area contributed by atoms with Crippen LogP contribution in [0.15, 0.2) is 24.3 Å². The van der Waals surface area contributed by atoms with Crippen molar-refractivity contribution in [2.75, 3.05) is 18.5 Å². The van der Waals surface area contributed by atoms with Crippen LogP contribution < -0.4 is 5.32 Å². The first kappa shape index (κ1) is 7.90. The first-order chi connectivity index (χ1) is 5.86. The SMILES string of the molecule is Clc1ccccc1NC1COC1. The quantitative estimate of drug-likeness (QED) is 0.759. The van der Waals surface area contributed by atoms with Gasteiger partial charge in [0.15, 0.2) is 0 Å². The molecule has 0 aromatic heterocycles. The molecule has 1 aliphatic rings. The summed E-state index contributed by atoms with van der Waals surface area (Å²) in [4.78, 5) is 0. The predicted molar refractivity (Wildman–Crippen MR) is 49.7 cm³/mol. The van der Waals surface area contributed by atoms with Crippen LogP contribution in [0.5, 0.6) is 0 Å². The van der Waals surface area contributed by atoms with E-state index in [4.69, 9.17) is 16.3 Å². The van der Waals surface area contributed by atoms with Crippen LogP contribution in [-0.2, 0) is 4.74 Å². The molecule has 3 heteroatoms. The van der Waals surface area contributed by atoms with Crippen molar-refractivity contribution < 1.29 is 4.74 Å². The van der Waals surface area contributed by atoms with Gasteiger partial charge in [-0.1, -0.05) is 23.7 Å². The highest BCUT2D eigenvalue weighted by atomic mass is 35.5. The summed E-state index contributed by atoms with van der Waals surface area (Å²) in [5, 5.41) is 4.06. The maximum absolute atomic E-state index is 5.95. The minimum Gasteiger partial charge on any atom is -0.377 e. The first-order valence-corrected chi connectivity index (χ1v) is 4.33. The van der Waals surface area contributed by atoms with Crippen molar-refractivity contribution in [3.8, 4) is 0 Å². The molecule has 0 spiro atoms. The molecule has 1 N–H and O–H groups in total. The smallest absolute Gasteiger partial charge is 0.0729 e. The average molecular weight is 184 g/mol. The second-order valence-electron chi connectivity index (χ2n) is 2.86. The summed E-state index contributed by atoms with van der Waals surface area (Å²) in [5.41, 5.74) is 0.993. The number of hydrogen-bond donors (Lipinski definition) is 1. The minimum absolute atomic E-state index is 0.435. The van der Waals surface area contributed by atoms with E-state index < -0.39 is 0 Å². The molecular weight excluding hydrogens is 174 g/mol. The first-order valence-electron chi connectivity index (χ1n) is 3.95. The monoisotopic (exact) mass is 183 g/mol. The van der Waals surface area contributed by atoms with Gasteiger partial charge in [0.05, 0.1) is 30.0 Å². The van der Waals surface area contributed by atoms with E-state index in [0.29, 0.717) is 6.04 Å². The summed E-state index contributed by atoms with van der Waals surface area (Å²) < 4.78 is 5.04. The van der Waals surface area contributed by atoms with Crippen LogP contribution in [-0.4, -0.2) is 19.3 Å². The van der Waals surface area contributed by atoms with Gasteiger partial charge < -0.3 is 10.1 Å². The molecule has 2 nitrogen and oxygen atoms in total. The maximum atomic E-state index is 5.95. The summed E-state index contributed by atoms with van der Waals surface area (Å²) in [6, 6.07) is 8.17. The summed E-state index contributed by atoms with van der Waals surface area (Å²) in [5.74, 6) is 0. The van der Waals surface area contributed by atoms with E-state index in [1.54, 1.807) is 0 Å². The van der Waals surface area contributed by atoms with Crippen molar-refractivity contribution in [2.45, 2.75) is 6.04 Å². The fraction of sp³-hybridized carbons (Fsp3) is 0.333. The molecule has 64 valence electrons.